The van der Waals surface area contributed by atoms with E-state index in [-0.39, 0.29) is 54.3 Å². The minimum atomic E-state index is -0.742. The van der Waals surface area contributed by atoms with E-state index in [0.717, 1.165) is 32.2 Å². The lowest BCUT2D eigenvalue weighted by Crippen LogP contribution is -2.60. The number of hydrogen-bond donors (Lipinski definition) is 3. The molecule has 3 N–H and O–H groups in total. The highest BCUT2D eigenvalue weighted by molar-refractivity contribution is 5.97. The summed E-state index contributed by atoms with van der Waals surface area (Å²) in [6, 6.07) is -2.10. The molecule has 2 aliphatic heterocycles. The Morgan fingerprint density at radius 2 is 1.51 bits per heavy atom. The number of amides is 4. The molecule has 2 fully saturated rings. The monoisotopic (exact) mass is 633 g/mol. The molecule has 0 aliphatic carbocycles. The highest BCUT2D eigenvalue weighted by Crippen LogP contribution is 2.27. The molecule has 2 saturated heterocycles. The summed E-state index contributed by atoms with van der Waals surface area (Å²) in [5.74, 6) is -0.462. The molecule has 0 aromatic rings. The van der Waals surface area contributed by atoms with Gasteiger partial charge in [-0.05, 0) is 76.7 Å². The lowest BCUT2D eigenvalue weighted by atomic mass is 9.84. The van der Waals surface area contributed by atoms with Crippen molar-refractivity contribution in [3.63, 3.8) is 0 Å². The number of nitrogens with zero attached hydrogens (tertiary/aromatic N) is 3. The normalized spacial score (nSPS) is 22.0. The molecular formula is C35H63N5O5. The first-order valence-corrected chi connectivity index (χ1v) is 17.1. The van der Waals surface area contributed by atoms with E-state index in [1.165, 1.54) is 0 Å². The lowest BCUT2D eigenvalue weighted by molar-refractivity contribution is -0.142. The van der Waals surface area contributed by atoms with Gasteiger partial charge in [0.2, 0.25) is 23.6 Å². The third-order valence-corrected chi connectivity index (χ3v) is 9.28. The molecule has 10 nitrogen and oxygen atoms in total. The molecule has 0 aromatic heterocycles. The van der Waals surface area contributed by atoms with Gasteiger partial charge < -0.3 is 25.5 Å². The van der Waals surface area contributed by atoms with Gasteiger partial charge in [0.05, 0.1) is 24.7 Å². The molecule has 0 bridgehead atoms. The Morgan fingerprint density at radius 1 is 0.911 bits per heavy atom. The van der Waals surface area contributed by atoms with Crippen molar-refractivity contribution in [3.8, 4) is 0 Å². The van der Waals surface area contributed by atoms with Crippen LogP contribution in [0.3, 0.4) is 0 Å². The van der Waals surface area contributed by atoms with E-state index in [0.29, 0.717) is 30.9 Å². The van der Waals surface area contributed by atoms with Crippen LogP contribution in [0.25, 0.3) is 0 Å². The maximum absolute atomic E-state index is 14.1. The predicted molar refractivity (Wildman–Crippen MR) is 179 cm³/mol. The highest BCUT2D eigenvalue weighted by Gasteiger charge is 2.40. The first kappa shape index (κ1) is 38.7. The molecule has 0 radical (unpaired) electrons. The number of rotatable bonds is 13. The number of hydrogen-bond acceptors (Lipinski definition) is 6. The van der Waals surface area contributed by atoms with Crippen molar-refractivity contribution in [1.82, 2.24) is 25.3 Å². The Balaban J connectivity index is 2.25. The second-order valence-electron chi connectivity index (χ2n) is 15.4. The van der Waals surface area contributed by atoms with Gasteiger partial charge in [-0.25, -0.2) is 0 Å². The zero-order valence-electron chi connectivity index (χ0n) is 30.0. The van der Waals surface area contributed by atoms with Gasteiger partial charge in [0.15, 0.2) is 0 Å². The Hall–Kier alpha value is -2.46. The van der Waals surface area contributed by atoms with Crippen LogP contribution in [-0.4, -0.2) is 106 Å². The largest absolute Gasteiger partial charge is 0.394 e. The number of likely N-dealkylation sites (N-methyl/N-ethyl adjacent to an activating group) is 1. The van der Waals surface area contributed by atoms with Crippen molar-refractivity contribution >= 4 is 23.6 Å². The van der Waals surface area contributed by atoms with E-state index in [4.69, 9.17) is 0 Å². The second kappa shape index (κ2) is 16.9. The lowest BCUT2D eigenvalue weighted by Gasteiger charge is -2.41. The number of aliphatic hydroxyl groups is 1. The summed E-state index contributed by atoms with van der Waals surface area (Å²) in [4.78, 5) is 60.1. The van der Waals surface area contributed by atoms with E-state index in [9.17, 15) is 24.3 Å². The molecule has 0 saturated carbocycles. The van der Waals surface area contributed by atoms with E-state index in [1.807, 2.05) is 54.5 Å². The zero-order chi connectivity index (χ0) is 34.2. The van der Waals surface area contributed by atoms with E-state index in [1.54, 1.807) is 23.8 Å². The molecule has 2 rings (SSSR count). The van der Waals surface area contributed by atoms with Gasteiger partial charge in [-0.3, -0.25) is 24.1 Å². The highest BCUT2D eigenvalue weighted by atomic mass is 16.3. The molecular weight excluding hydrogens is 570 g/mol. The SMILES string of the molecule is CC(=C[C@H](C(C)C)N(C)C(=O)[C@@H](NC(=O)C1CCCCN1C(C)C)C(C)(C)C)C(=O)N1CCC[C@H]1C(=O)N[C@@H](CO)CC(C)C. The van der Waals surface area contributed by atoms with Crippen LogP contribution in [0.5, 0.6) is 0 Å². The van der Waals surface area contributed by atoms with Crippen LogP contribution in [-0.2, 0) is 19.2 Å². The summed E-state index contributed by atoms with van der Waals surface area (Å²) in [6.07, 6.45) is 6.61. The predicted octanol–water partition coefficient (Wildman–Crippen LogP) is 3.72. The maximum Gasteiger partial charge on any atom is 0.249 e. The number of carbonyl (C=O) groups is 4. The average Bonchev–Trinajstić information content (AvgIpc) is 3.46. The second-order valence-corrected chi connectivity index (χ2v) is 15.4. The molecule has 5 atom stereocenters. The summed E-state index contributed by atoms with van der Waals surface area (Å²) in [7, 11) is 1.74. The first-order valence-electron chi connectivity index (χ1n) is 17.1. The molecule has 1 unspecified atom stereocenters. The van der Waals surface area contributed by atoms with Crippen LogP contribution in [0, 0.1) is 17.3 Å². The Labute approximate surface area is 272 Å². The van der Waals surface area contributed by atoms with Crippen molar-refractivity contribution in [2.45, 2.75) is 144 Å². The fraction of sp³-hybridized carbons (Fsp3) is 0.829. The van der Waals surface area contributed by atoms with Gasteiger partial charge >= 0.3 is 0 Å². The van der Waals surface area contributed by atoms with E-state index >= 15 is 0 Å². The first-order chi connectivity index (χ1) is 20.9. The standard InChI is InChI=1S/C35H63N5O5/c1-22(2)19-26(21-41)36-31(42)28-16-14-18-40(28)33(44)25(7)20-29(23(3)4)38(11)34(45)30(35(8,9)10)37-32(43)27-15-12-13-17-39(27)24(5)6/h20,22-24,26-30,41H,12-19,21H2,1-11H3,(H,36,42)(H,37,43)/t26-,27?,28+,29-,30-/m1/s1. The fourth-order valence-corrected chi connectivity index (χ4v) is 6.72. The summed E-state index contributed by atoms with van der Waals surface area (Å²) < 4.78 is 0. The van der Waals surface area contributed by atoms with Crippen LogP contribution in [0.4, 0.5) is 0 Å². The maximum atomic E-state index is 14.1. The molecule has 4 amide bonds. The van der Waals surface area contributed by atoms with Gasteiger partial charge in [-0.15, -0.1) is 0 Å². The smallest absolute Gasteiger partial charge is 0.249 e. The van der Waals surface area contributed by atoms with E-state index in [2.05, 4.69) is 29.4 Å². The molecule has 0 spiro atoms. The van der Waals surface area contributed by atoms with Crippen molar-refractivity contribution in [1.29, 1.82) is 0 Å². The van der Waals surface area contributed by atoms with Gasteiger partial charge in [-0.1, -0.05) is 61.0 Å². The Kier molecular flexibility index (Phi) is 14.6. The van der Waals surface area contributed by atoms with Crippen LogP contribution < -0.4 is 10.6 Å². The van der Waals surface area contributed by atoms with Crippen LogP contribution >= 0.6 is 0 Å². The number of nitrogens with one attached hydrogen (secondary N) is 2. The summed E-state index contributed by atoms with van der Waals surface area (Å²) in [6.45, 7) is 21.1. The minimum absolute atomic E-state index is 0.00758. The van der Waals surface area contributed by atoms with Gasteiger partial charge in [0, 0.05) is 25.2 Å². The molecule has 0 aromatic carbocycles. The number of likely N-dealkylation sites (tertiary alicyclic amines) is 2. The average molecular weight is 634 g/mol. The van der Waals surface area contributed by atoms with Crippen molar-refractivity contribution in [2.75, 3.05) is 26.7 Å². The molecule has 2 aliphatic rings. The fourth-order valence-electron chi connectivity index (χ4n) is 6.72. The quantitative estimate of drug-likeness (QED) is 0.266. The van der Waals surface area contributed by atoms with Crippen molar-refractivity contribution < 1.29 is 24.3 Å². The van der Waals surface area contributed by atoms with Gasteiger partial charge in [0.1, 0.15) is 12.1 Å². The number of carbonyl (C=O) groups excluding carboxylic acids is 4. The van der Waals surface area contributed by atoms with Crippen molar-refractivity contribution in [2.24, 2.45) is 17.3 Å². The Morgan fingerprint density at radius 3 is 2.04 bits per heavy atom. The third kappa shape index (κ3) is 10.5. The number of aliphatic hydroxyl groups excluding tert-OH is 1. The molecule has 2 heterocycles. The van der Waals surface area contributed by atoms with Crippen LogP contribution in [0.1, 0.15) is 108 Å². The van der Waals surface area contributed by atoms with Gasteiger partial charge in [0.25, 0.3) is 0 Å². The minimum Gasteiger partial charge on any atom is -0.394 e. The van der Waals surface area contributed by atoms with Crippen LogP contribution in [0.15, 0.2) is 11.6 Å². The molecule has 45 heavy (non-hydrogen) atoms. The number of piperidine rings is 1. The summed E-state index contributed by atoms with van der Waals surface area (Å²) >= 11 is 0. The van der Waals surface area contributed by atoms with E-state index < -0.39 is 23.5 Å². The molecule has 10 heteroatoms. The van der Waals surface area contributed by atoms with Gasteiger partial charge in [-0.2, -0.15) is 0 Å². The van der Waals surface area contributed by atoms with Crippen molar-refractivity contribution in [3.05, 3.63) is 11.6 Å². The molecule has 258 valence electrons. The topological polar surface area (TPSA) is 122 Å². The summed E-state index contributed by atoms with van der Waals surface area (Å²) in [5, 5.41) is 15.8. The van der Waals surface area contributed by atoms with Crippen LogP contribution in [0.2, 0.25) is 0 Å². The summed E-state index contributed by atoms with van der Waals surface area (Å²) in [5.41, 5.74) is -0.0629. The third-order valence-electron chi connectivity index (χ3n) is 9.28. The Bertz CT molecular complexity index is 1050. The zero-order valence-corrected chi connectivity index (χ0v) is 30.0.